The third kappa shape index (κ3) is 4.48. The number of hydrogen-bond acceptors (Lipinski definition) is 4. The van der Waals surface area contributed by atoms with Gasteiger partial charge in [-0.3, -0.25) is 4.79 Å². The van der Waals surface area contributed by atoms with Crippen molar-refractivity contribution in [3.8, 4) is 11.8 Å². The van der Waals surface area contributed by atoms with Gasteiger partial charge in [-0.05, 0) is 63.5 Å². The second kappa shape index (κ2) is 7.48. The predicted octanol–water partition coefficient (Wildman–Crippen LogP) is 3.03. The minimum atomic E-state index is -1.09. The van der Waals surface area contributed by atoms with Crippen LogP contribution in [0.4, 0.5) is 0 Å². The monoisotopic (exact) mass is 381 g/mol. The molecule has 28 heavy (non-hydrogen) atoms. The molecule has 1 aliphatic carbocycles. The van der Waals surface area contributed by atoms with Crippen LogP contribution in [0.5, 0.6) is 0 Å². The number of aromatic nitrogens is 2. The Morgan fingerprint density at radius 3 is 2.71 bits per heavy atom. The molecule has 3 heterocycles. The zero-order chi connectivity index (χ0) is 19.7. The highest BCUT2D eigenvalue weighted by molar-refractivity contribution is 5.91. The SMILES string of the molecule is CC(C)(O)C#Cc1ccc(C(=O)N2CCC(c3nccn3CC3CC3)CC2)o1. The standard InChI is InChI=1S/C22H27N3O3/c1-22(2,27)10-7-18-5-6-19(28-18)21(26)24-12-8-17(9-13-24)20-23-11-14-25(20)15-16-3-4-16/h5-6,11,14,16-17,27H,3-4,8-9,12-13,15H2,1-2H3. The van der Waals surface area contributed by atoms with E-state index in [2.05, 4.69) is 27.6 Å². The lowest BCUT2D eigenvalue weighted by atomic mass is 9.95. The van der Waals surface area contributed by atoms with E-state index in [1.807, 2.05) is 11.1 Å². The van der Waals surface area contributed by atoms with Crippen molar-refractivity contribution in [1.82, 2.24) is 14.5 Å². The van der Waals surface area contributed by atoms with Gasteiger partial charge >= 0.3 is 0 Å². The number of hydrogen-bond donors (Lipinski definition) is 1. The molecule has 148 valence electrons. The summed E-state index contributed by atoms with van der Waals surface area (Å²) >= 11 is 0. The molecule has 2 fully saturated rings. The first-order valence-electron chi connectivity index (χ1n) is 10.0. The van der Waals surface area contributed by atoms with Gasteiger partial charge in [-0.25, -0.2) is 4.98 Å². The van der Waals surface area contributed by atoms with Gasteiger partial charge in [0.2, 0.25) is 0 Å². The van der Waals surface area contributed by atoms with Gasteiger partial charge in [0.05, 0.1) is 0 Å². The van der Waals surface area contributed by atoms with Gasteiger partial charge in [-0.2, -0.15) is 0 Å². The molecule has 6 heteroatoms. The molecular weight excluding hydrogens is 354 g/mol. The molecule has 0 spiro atoms. The van der Waals surface area contributed by atoms with Crippen LogP contribution in [0, 0.1) is 17.8 Å². The molecule has 2 aromatic rings. The molecule has 1 aliphatic heterocycles. The van der Waals surface area contributed by atoms with Gasteiger partial charge in [-0.15, -0.1) is 0 Å². The van der Waals surface area contributed by atoms with E-state index in [4.69, 9.17) is 4.42 Å². The molecule has 0 atom stereocenters. The Hall–Kier alpha value is -2.52. The number of piperidine rings is 1. The van der Waals surface area contributed by atoms with Crippen LogP contribution in [0.1, 0.15) is 67.6 Å². The summed E-state index contributed by atoms with van der Waals surface area (Å²) in [6.07, 6.45) is 8.48. The van der Waals surface area contributed by atoms with Crippen molar-refractivity contribution in [3.05, 3.63) is 41.9 Å². The van der Waals surface area contributed by atoms with Crippen LogP contribution in [-0.2, 0) is 6.54 Å². The number of amides is 1. The Bertz CT molecular complexity index is 897. The Morgan fingerprint density at radius 2 is 2.04 bits per heavy atom. The minimum Gasteiger partial charge on any atom is -0.443 e. The summed E-state index contributed by atoms with van der Waals surface area (Å²) in [5, 5.41) is 9.68. The van der Waals surface area contributed by atoms with E-state index in [0.717, 1.165) is 25.3 Å². The van der Waals surface area contributed by atoms with Gasteiger partial charge < -0.3 is 19.0 Å². The van der Waals surface area contributed by atoms with E-state index in [-0.39, 0.29) is 5.91 Å². The number of likely N-dealkylation sites (tertiary alicyclic amines) is 1. The second-order valence-electron chi connectivity index (χ2n) is 8.42. The maximum absolute atomic E-state index is 12.7. The highest BCUT2D eigenvalue weighted by Crippen LogP contribution is 2.33. The summed E-state index contributed by atoms with van der Waals surface area (Å²) in [6.45, 7) is 5.69. The van der Waals surface area contributed by atoms with Crippen molar-refractivity contribution < 1.29 is 14.3 Å². The van der Waals surface area contributed by atoms with Crippen LogP contribution in [-0.4, -0.2) is 44.2 Å². The normalized spacial score (nSPS) is 18.0. The molecule has 0 radical (unpaired) electrons. The predicted molar refractivity (Wildman–Crippen MR) is 105 cm³/mol. The van der Waals surface area contributed by atoms with Crippen LogP contribution >= 0.6 is 0 Å². The fraction of sp³-hybridized carbons (Fsp3) is 0.545. The Balaban J connectivity index is 1.36. The van der Waals surface area contributed by atoms with Crippen LogP contribution in [0.15, 0.2) is 28.9 Å². The van der Waals surface area contributed by atoms with Crippen molar-refractivity contribution in [1.29, 1.82) is 0 Å². The molecule has 0 aromatic carbocycles. The minimum absolute atomic E-state index is 0.101. The molecule has 6 nitrogen and oxygen atoms in total. The fourth-order valence-electron chi connectivity index (χ4n) is 3.64. The van der Waals surface area contributed by atoms with Gasteiger partial charge in [0.1, 0.15) is 11.4 Å². The molecule has 2 aromatic heterocycles. The van der Waals surface area contributed by atoms with Crippen LogP contribution in [0.25, 0.3) is 0 Å². The summed E-state index contributed by atoms with van der Waals surface area (Å²) in [5.74, 6) is 8.44. The second-order valence-corrected chi connectivity index (χ2v) is 8.42. The summed E-state index contributed by atoms with van der Waals surface area (Å²) in [7, 11) is 0. The number of carbonyl (C=O) groups is 1. The fourth-order valence-corrected chi connectivity index (χ4v) is 3.64. The van der Waals surface area contributed by atoms with Crippen molar-refractivity contribution in [2.24, 2.45) is 5.92 Å². The lowest BCUT2D eigenvalue weighted by molar-refractivity contribution is 0.0677. The first-order chi connectivity index (χ1) is 13.4. The topological polar surface area (TPSA) is 71.5 Å². The average Bonchev–Trinajstić information content (AvgIpc) is 3.16. The van der Waals surface area contributed by atoms with Crippen LogP contribution in [0.2, 0.25) is 0 Å². The van der Waals surface area contributed by atoms with E-state index in [9.17, 15) is 9.90 Å². The molecule has 1 N–H and O–H groups in total. The van der Waals surface area contributed by atoms with Crippen LogP contribution in [0.3, 0.4) is 0 Å². The third-order valence-electron chi connectivity index (χ3n) is 5.36. The summed E-state index contributed by atoms with van der Waals surface area (Å²) < 4.78 is 7.88. The van der Waals surface area contributed by atoms with Crippen molar-refractivity contribution in [3.63, 3.8) is 0 Å². The zero-order valence-corrected chi connectivity index (χ0v) is 16.5. The van der Waals surface area contributed by atoms with Gasteiger partial charge in [0, 0.05) is 37.9 Å². The van der Waals surface area contributed by atoms with E-state index < -0.39 is 5.60 Å². The van der Waals surface area contributed by atoms with Gasteiger partial charge in [0.25, 0.3) is 5.91 Å². The highest BCUT2D eigenvalue weighted by atomic mass is 16.4. The Morgan fingerprint density at radius 1 is 1.29 bits per heavy atom. The number of carbonyl (C=O) groups excluding carboxylic acids is 1. The lowest BCUT2D eigenvalue weighted by Crippen LogP contribution is -2.38. The first kappa shape index (κ1) is 18.8. The lowest BCUT2D eigenvalue weighted by Gasteiger charge is -2.31. The van der Waals surface area contributed by atoms with E-state index >= 15 is 0 Å². The zero-order valence-electron chi connectivity index (χ0n) is 16.5. The number of aliphatic hydroxyl groups is 1. The number of rotatable bonds is 4. The van der Waals surface area contributed by atoms with Gasteiger partial charge in [-0.1, -0.05) is 5.92 Å². The quantitative estimate of drug-likeness (QED) is 0.827. The smallest absolute Gasteiger partial charge is 0.289 e. The largest absolute Gasteiger partial charge is 0.443 e. The molecule has 2 aliphatic rings. The van der Waals surface area contributed by atoms with Crippen molar-refractivity contribution >= 4 is 5.91 Å². The molecule has 1 saturated heterocycles. The maximum atomic E-state index is 12.7. The Labute approximate surface area is 165 Å². The summed E-state index contributed by atoms with van der Waals surface area (Å²) in [5.41, 5.74) is -1.09. The third-order valence-corrected chi connectivity index (χ3v) is 5.36. The number of nitrogens with zero attached hydrogens (tertiary/aromatic N) is 3. The Kier molecular flexibility index (Phi) is 5.03. The van der Waals surface area contributed by atoms with Crippen molar-refractivity contribution in [2.45, 2.75) is 57.6 Å². The number of imidazole rings is 1. The first-order valence-corrected chi connectivity index (χ1v) is 10.0. The van der Waals surface area contributed by atoms with E-state index in [1.165, 1.54) is 18.7 Å². The van der Waals surface area contributed by atoms with E-state index in [1.54, 1.807) is 26.0 Å². The van der Waals surface area contributed by atoms with Crippen LogP contribution < -0.4 is 0 Å². The van der Waals surface area contributed by atoms with E-state index in [0.29, 0.717) is 30.5 Å². The average molecular weight is 381 g/mol. The molecule has 0 unspecified atom stereocenters. The summed E-state index contributed by atoms with van der Waals surface area (Å²) in [4.78, 5) is 19.2. The molecule has 1 amide bonds. The molecular formula is C22H27N3O3. The molecule has 1 saturated carbocycles. The molecule has 4 rings (SSSR count). The highest BCUT2D eigenvalue weighted by Gasteiger charge is 2.29. The summed E-state index contributed by atoms with van der Waals surface area (Å²) in [6, 6.07) is 3.33. The van der Waals surface area contributed by atoms with Crippen molar-refractivity contribution in [2.75, 3.05) is 13.1 Å². The maximum Gasteiger partial charge on any atom is 0.289 e. The van der Waals surface area contributed by atoms with Gasteiger partial charge in [0.15, 0.2) is 11.5 Å². The molecule has 0 bridgehead atoms. The number of furan rings is 1.